The Morgan fingerprint density at radius 2 is 2.13 bits per heavy atom. The van der Waals surface area contributed by atoms with Gasteiger partial charge in [-0.05, 0) is 18.6 Å². The molecule has 78 valence electrons. The van der Waals surface area contributed by atoms with Crippen LogP contribution in [0.5, 0.6) is 0 Å². The van der Waals surface area contributed by atoms with Crippen molar-refractivity contribution < 1.29 is 4.79 Å². The first-order valence-corrected chi connectivity index (χ1v) is 5.07. The summed E-state index contributed by atoms with van der Waals surface area (Å²) < 4.78 is 0. The smallest absolute Gasteiger partial charge is 0.245 e. The van der Waals surface area contributed by atoms with Crippen LogP contribution in [0.2, 0.25) is 0 Å². The van der Waals surface area contributed by atoms with Gasteiger partial charge in [-0.25, -0.2) is 0 Å². The van der Waals surface area contributed by atoms with Crippen molar-refractivity contribution in [2.24, 2.45) is 0 Å². The summed E-state index contributed by atoms with van der Waals surface area (Å²) in [5, 5.41) is 6.04. The molecule has 1 aliphatic rings. The summed E-state index contributed by atoms with van der Waals surface area (Å²) >= 11 is 0. The number of aryl methyl sites for hydroxylation is 1. The molecule has 0 aliphatic carbocycles. The van der Waals surface area contributed by atoms with Gasteiger partial charge in [0.1, 0.15) is 0 Å². The molecule has 0 atom stereocenters. The molecule has 1 heterocycles. The van der Waals surface area contributed by atoms with E-state index < -0.39 is 0 Å². The Morgan fingerprint density at radius 1 is 1.33 bits per heavy atom. The van der Waals surface area contributed by atoms with E-state index in [9.17, 15) is 4.79 Å². The molecule has 1 aromatic rings. The van der Waals surface area contributed by atoms with Crippen LogP contribution in [0, 0.1) is 6.92 Å². The van der Waals surface area contributed by atoms with Gasteiger partial charge in [-0.2, -0.15) is 0 Å². The van der Waals surface area contributed by atoms with Crippen molar-refractivity contribution in [2.45, 2.75) is 13.3 Å². The second kappa shape index (κ2) is 4.17. The maximum Gasteiger partial charge on any atom is 0.245 e. The molecule has 0 radical (unpaired) electrons. The highest BCUT2D eigenvalue weighted by Gasteiger charge is 2.08. The molecular weight excluding hydrogens is 188 g/mol. The van der Waals surface area contributed by atoms with Gasteiger partial charge in [0.05, 0.1) is 0 Å². The van der Waals surface area contributed by atoms with Crippen LogP contribution < -0.4 is 10.6 Å². The highest BCUT2D eigenvalue weighted by molar-refractivity contribution is 5.89. The van der Waals surface area contributed by atoms with Crippen molar-refractivity contribution in [1.82, 2.24) is 5.32 Å². The Balaban J connectivity index is 2.15. The highest BCUT2D eigenvalue weighted by Crippen LogP contribution is 2.17. The maximum atomic E-state index is 11.1. The number of para-hydroxylation sites is 1. The molecule has 1 amide bonds. The third-order valence-corrected chi connectivity index (χ3v) is 2.44. The Labute approximate surface area is 89.2 Å². The first kappa shape index (κ1) is 9.77. The fraction of sp³-hybridized carbons (Fsp3) is 0.250. The normalized spacial score (nSPS) is 15.5. The van der Waals surface area contributed by atoms with Gasteiger partial charge in [0.15, 0.2) is 0 Å². The lowest BCUT2D eigenvalue weighted by Crippen LogP contribution is -2.28. The average molecular weight is 202 g/mol. The van der Waals surface area contributed by atoms with Gasteiger partial charge in [-0.1, -0.05) is 18.2 Å². The van der Waals surface area contributed by atoms with Gasteiger partial charge in [-0.15, -0.1) is 0 Å². The Bertz CT molecular complexity index is 410. The van der Waals surface area contributed by atoms with Gasteiger partial charge in [0.2, 0.25) is 5.91 Å². The Morgan fingerprint density at radius 3 is 2.87 bits per heavy atom. The van der Waals surface area contributed by atoms with Gasteiger partial charge in [0, 0.05) is 30.4 Å². The standard InChI is InChI=1S/C12H14N2O/c1-9-4-2-3-5-11(9)14-10-6-7-13-12(15)8-10/h2-5,8,14H,6-7H2,1H3,(H,13,15). The van der Waals surface area contributed by atoms with E-state index in [1.807, 2.05) is 31.2 Å². The van der Waals surface area contributed by atoms with Crippen LogP contribution in [-0.2, 0) is 4.79 Å². The van der Waals surface area contributed by atoms with Crippen molar-refractivity contribution in [3.05, 3.63) is 41.6 Å². The van der Waals surface area contributed by atoms with Crippen LogP contribution in [0.25, 0.3) is 0 Å². The number of carbonyl (C=O) groups excluding carboxylic acids is 1. The molecule has 0 bridgehead atoms. The lowest BCUT2D eigenvalue weighted by atomic mass is 10.1. The van der Waals surface area contributed by atoms with Crippen LogP contribution in [0.1, 0.15) is 12.0 Å². The number of hydrogen-bond donors (Lipinski definition) is 2. The zero-order valence-electron chi connectivity index (χ0n) is 8.71. The summed E-state index contributed by atoms with van der Waals surface area (Å²) in [6, 6.07) is 8.05. The van der Waals surface area contributed by atoms with Crippen molar-refractivity contribution >= 4 is 11.6 Å². The summed E-state index contributed by atoms with van der Waals surface area (Å²) in [7, 11) is 0. The van der Waals surface area contributed by atoms with E-state index in [0.717, 1.165) is 17.8 Å². The van der Waals surface area contributed by atoms with Crippen LogP contribution >= 0.6 is 0 Å². The molecule has 15 heavy (non-hydrogen) atoms. The first-order valence-electron chi connectivity index (χ1n) is 5.07. The second-order valence-electron chi connectivity index (χ2n) is 3.65. The first-order chi connectivity index (χ1) is 7.25. The predicted octanol–water partition coefficient (Wildman–Crippen LogP) is 1.81. The van der Waals surface area contributed by atoms with Crippen molar-refractivity contribution in [1.29, 1.82) is 0 Å². The van der Waals surface area contributed by atoms with Crippen molar-refractivity contribution in [2.75, 3.05) is 11.9 Å². The molecule has 0 saturated carbocycles. The molecule has 0 saturated heterocycles. The second-order valence-corrected chi connectivity index (χ2v) is 3.65. The van der Waals surface area contributed by atoms with Crippen LogP contribution in [0.4, 0.5) is 5.69 Å². The van der Waals surface area contributed by atoms with E-state index in [-0.39, 0.29) is 5.91 Å². The molecule has 1 aliphatic heterocycles. The summed E-state index contributed by atoms with van der Waals surface area (Å²) in [5.74, 6) is -0.0164. The lowest BCUT2D eigenvalue weighted by molar-refractivity contribution is -0.116. The molecule has 2 rings (SSSR count). The number of carbonyl (C=O) groups is 1. The number of benzene rings is 1. The van der Waals surface area contributed by atoms with Gasteiger partial charge >= 0.3 is 0 Å². The number of nitrogens with one attached hydrogen (secondary N) is 2. The van der Waals surface area contributed by atoms with E-state index in [4.69, 9.17) is 0 Å². The number of rotatable bonds is 2. The summed E-state index contributed by atoms with van der Waals surface area (Å²) in [5.41, 5.74) is 3.23. The highest BCUT2D eigenvalue weighted by atomic mass is 16.1. The third-order valence-electron chi connectivity index (χ3n) is 2.44. The molecule has 0 fully saturated rings. The van der Waals surface area contributed by atoms with Gasteiger partial charge in [-0.3, -0.25) is 4.79 Å². The minimum Gasteiger partial charge on any atom is -0.358 e. The number of amides is 1. The largest absolute Gasteiger partial charge is 0.358 e. The topological polar surface area (TPSA) is 41.1 Å². The molecule has 0 unspecified atom stereocenters. The van der Waals surface area contributed by atoms with Crippen molar-refractivity contribution in [3.63, 3.8) is 0 Å². The van der Waals surface area contributed by atoms with E-state index in [1.165, 1.54) is 5.56 Å². The zero-order valence-corrected chi connectivity index (χ0v) is 8.71. The van der Waals surface area contributed by atoms with E-state index in [1.54, 1.807) is 6.08 Å². The van der Waals surface area contributed by atoms with Crippen LogP contribution in [-0.4, -0.2) is 12.5 Å². The monoisotopic (exact) mass is 202 g/mol. The van der Waals surface area contributed by atoms with E-state index >= 15 is 0 Å². The third kappa shape index (κ3) is 2.37. The molecule has 0 spiro atoms. The number of hydrogen-bond acceptors (Lipinski definition) is 2. The molecule has 3 nitrogen and oxygen atoms in total. The fourth-order valence-electron chi connectivity index (χ4n) is 1.59. The average Bonchev–Trinajstić information content (AvgIpc) is 2.22. The summed E-state index contributed by atoms with van der Waals surface area (Å²) in [4.78, 5) is 11.1. The summed E-state index contributed by atoms with van der Waals surface area (Å²) in [6.07, 6.45) is 2.48. The van der Waals surface area contributed by atoms with E-state index in [0.29, 0.717) is 6.54 Å². The minimum atomic E-state index is -0.0164. The van der Waals surface area contributed by atoms with Crippen molar-refractivity contribution in [3.8, 4) is 0 Å². The molecule has 1 aromatic carbocycles. The van der Waals surface area contributed by atoms with Gasteiger partial charge in [0.25, 0.3) is 0 Å². The molecule has 2 N–H and O–H groups in total. The lowest BCUT2D eigenvalue weighted by Gasteiger charge is -2.16. The minimum absolute atomic E-state index is 0.0164. The SMILES string of the molecule is Cc1ccccc1NC1=CC(=O)NCC1. The Hall–Kier alpha value is -1.77. The predicted molar refractivity (Wildman–Crippen MR) is 60.5 cm³/mol. The van der Waals surface area contributed by atoms with E-state index in [2.05, 4.69) is 10.6 Å². The quantitative estimate of drug-likeness (QED) is 0.768. The molecular formula is C12H14N2O. The number of anilines is 1. The van der Waals surface area contributed by atoms with Gasteiger partial charge < -0.3 is 10.6 Å². The molecule has 3 heteroatoms. The van der Waals surface area contributed by atoms with Crippen LogP contribution in [0.3, 0.4) is 0 Å². The van der Waals surface area contributed by atoms with Crippen LogP contribution in [0.15, 0.2) is 36.0 Å². The molecule has 0 aromatic heterocycles. The maximum absolute atomic E-state index is 11.1. The Kier molecular flexibility index (Phi) is 2.72. The fourth-order valence-corrected chi connectivity index (χ4v) is 1.59. The zero-order chi connectivity index (χ0) is 10.7. The summed E-state index contributed by atoms with van der Waals surface area (Å²) in [6.45, 7) is 2.76.